The van der Waals surface area contributed by atoms with Crippen LogP contribution in [-0.4, -0.2) is 39.2 Å². The van der Waals surface area contributed by atoms with Crippen LogP contribution in [0.3, 0.4) is 0 Å². The number of carbonyl (C=O) groups is 1. The average Bonchev–Trinajstić information content (AvgIpc) is 2.64. The molecular weight excluding hydrogens is 336 g/mol. The van der Waals surface area contributed by atoms with E-state index in [1.54, 1.807) is 18.2 Å². The van der Waals surface area contributed by atoms with Gasteiger partial charge in [0.2, 0.25) is 0 Å². The summed E-state index contributed by atoms with van der Waals surface area (Å²) in [6.07, 6.45) is 0. The summed E-state index contributed by atoms with van der Waals surface area (Å²) < 4.78 is 9.96. The van der Waals surface area contributed by atoms with Crippen LogP contribution in [0.5, 0.6) is 5.75 Å². The topological polar surface area (TPSA) is 81.9 Å². The smallest absolute Gasteiger partial charge is 0.337 e. The number of nitro groups is 1. The number of non-ortho nitro benzene ring substituents is 1. The molecule has 7 nitrogen and oxygen atoms in total. The molecule has 0 spiro atoms. The molecule has 7 heteroatoms. The molecule has 2 rings (SSSR count). The Morgan fingerprint density at radius 2 is 1.77 bits per heavy atom. The lowest BCUT2D eigenvalue weighted by molar-refractivity contribution is -0.384. The summed E-state index contributed by atoms with van der Waals surface area (Å²) in [5.41, 5.74) is 2.14. The van der Waals surface area contributed by atoms with Crippen LogP contribution in [0.4, 0.5) is 11.4 Å². The van der Waals surface area contributed by atoms with Gasteiger partial charge in [-0.3, -0.25) is 10.1 Å². The standard InChI is InChI=1S/C19H18N2O5/c1-20(2)17-10-9-16(21(23)24)11-14(17)7-5-13-6-8-15(19(22)26-4)12-18(13)25-3/h6,8-12H,1-4H3. The molecule has 0 atom stereocenters. The second kappa shape index (κ2) is 8.03. The van der Waals surface area contributed by atoms with Gasteiger partial charge < -0.3 is 14.4 Å². The Morgan fingerprint density at radius 1 is 1.08 bits per heavy atom. The van der Waals surface area contributed by atoms with E-state index >= 15 is 0 Å². The number of nitrogens with zero attached hydrogens (tertiary/aromatic N) is 2. The first-order chi connectivity index (χ1) is 12.4. The summed E-state index contributed by atoms with van der Waals surface area (Å²) in [6, 6.07) is 9.28. The average molecular weight is 354 g/mol. The third-order valence-electron chi connectivity index (χ3n) is 3.63. The monoisotopic (exact) mass is 354 g/mol. The number of nitro benzene ring substituents is 1. The van der Waals surface area contributed by atoms with Gasteiger partial charge in [0, 0.05) is 26.2 Å². The molecule has 0 aliphatic carbocycles. The maximum absolute atomic E-state index is 11.6. The molecule has 2 aromatic carbocycles. The third kappa shape index (κ3) is 4.11. The van der Waals surface area contributed by atoms with Crippen molar-refractivity contribution in [3.8, 4) is 17.6 Å². The molecule has 134 valence electrons. The number of carbonyl (C=O) groups excluding carboxylic acids is 1. The SMILES string of the molecule is COC(=O)c1ccc(C#Cc2cc([N+](=O)[O-])ccc2N(C)C)c(OC)c1. The van der Waals surface area contributed by atoms with Crippen molar-refractivity contribution in [3.05, 3.63) is 63.2 Å². The van der Waals surface area contributed by atoms with E-state index in [1.165, 1.54) is 32.4 Å². The Morgan fingerprint density at radius 3 is 2.35 bits per heavy atom. The molecule has 2 aromatic rings. The van der Waals surface area contributed by atoms with Gasteiger partial charge in [-0.15, -0.1) is 0 Å². The van der Waals surface area contributed by atoms with Crippen LogP contribution in [0.25, 0.3) is 0 Å². The number of ether oxygens (including phenoxy) is 2. The van der Waals surface area contributed by atoms with Crippen LogP contribution in [0.1, 0.15) is 21.5 Å². The normalized spacial score (nSPS) is 9.69. The predicted molar refractivity (Wildman–Crippen MR) is 97.7 cm³/mol. The van der Waals surface area contributed by atoms with Crippen molar-refractivity contribution in [3.63, 3.8) is 0 Å². The largest absolute Gasteiger partial charge is 0.495 e. The number of benzene rings is 2. The minimum Gasteiger partial charge on any atom is -0.495 e. The fourth-order valence-electron chi connectivity index (χ4n) is 2.30. The molecule has 0 radical (unpaired) electrons. The Bertz CT molecular complexity index is 910. The first-order valence-corrected chi connectivity index (χ1v) is 7.61. The van der Waals surface area contributed by atoms with E-state index in [0.717, 1.165) is 5.69 Å². The second-order valence-corrected chi connectivity index (χ2v) is 5.51. The maximum atomic E-state index is 11.6. The van der Waals surface area contributed by atoms with Gasteiger partial charge in [-0.2, -0.15) is 0 Å². The molecule has 0 aliphatic heterocycles. The van der Waals surface area contributed by atoms with Gasteiger partial charge in [0.1, 0.15) is 5.75 Å². The first-order valence-electron chi connectivity index (χ1n) is 7.61. The van der Waals surface area contributed by atoms with Crippen LogP contribution in [0.2, 0.25) is 0 Å². The molecule has 0 N–H and O–H groups in total. The van der Waals surface area contributed by atoms with Crippen LogP contribution < -0.4 is 9.64 Å². The minimum absolute atomic E-state index is 0.0343. The molecule has 0 saturated carbocycles. The van der Waals surface area contributed by atoms with E-state index in [2.05, 4.69) is 16.6 Å². The van der Waals surface area contributed by atoms with E-state index in [1.807, 2.05) is 19.0 Å². The van der Waals surface area contributed by atoms with Crippen molar-refractivity contribution in [2.75, 3.05) is 33.2 Å². The van der Waals surface area contributed by atoms with Crippen molar-refractivity contribution in [1.82, 2.24) is 0 Å². The highest BCUT2D eigenvalue weighted by Gasteiger charge is 2.12. The summed E-state index contributed by atoms with van der Waals surface area (Å²) in [4.78, 5) is 24.0. The number of rotatable bonds is 4. The van der Waals surface area contributed by atoms with E-state index in [4.69, 9.17) is 4.74 Å². The second-order valence-electron chi connectivity index (χ2n) is 5.51. The lowest BCUT2D eigenvalue weighted by Gasteiger charge is -2.14. The minimum atomic E-state index is -0.476. The molecule has 0 heterocycles. The summed E-state index contributed by atoms with van der Waals surface area (Å²) in [5.74, 6) is 5.84. The lowest BCUT2D eigenvalue weighted by Crippen LogP contribution is -2.10. The van der Waals surface area contributed by atoms with Crippen LogP contribution in [-0.2, 0) is 4.74 Å². The Hall–Kier alpha value is -3.53. The summed E-state index contributed by atoms with van der Waals surface area (Å²) >= 11 is 0. The van der Waals surface area contributed by atoms with Gasteiger partial charge >= 0.3 is 5.97 Å². The van der Waals surface area contributed by atoms with E-state index in [9.17, 15) is 14.9 Å². The molecular formula is C19H18N2O5. The number of hydrogen-bond donors (Lipinski definition) is 0. The van der Waals surface area contributed by atoms with Crippen LogP contribution in [0, 0.1) is 22.0 Å². The number of esters is 1. The fraction of sp³-hybridized carbons (Fsp3) is 0.211. The highest BCUT2D eigenvalue weighted by atomic mass is 16.6. The summed E-state index contributed by atoms with van der Waals surface area (Å²) in [7, 11) is 6.43. The zero-order chi connectivity index (χ0) is 19.3. The third-order valence-corrected chi connectivity index (χ3v) is 3.63. The highest BCUT2D eigenvalue weighted by Crippen LogP contribution is 2.24. The van der Waals surface area contributed by atoms with Gasteiger partial charge in [-0.05, 0) is 24.3 Å². The zero-order valence-corrected chi connectivity index (χ0v) is 14.9. The zero-order valence-electron chi connectivity index (χ0n) is 14.9. The Kier molecular flexibility index (Phi) is 5.81. The molecule has 0 aliphatic rings. The summed E-state index contributed by atoms with van der Waals surface area (Å²) in [6.45, 7) is 0. The molecule has 0 amide bonds. The van der Waals surface area contributed by atoms with Crippen molar-refractivity contribution in [2.24, 2.45) is 0 Å². The highest BCUT2D eigenvalue weighted by molar-refractivity contribution is 5.90. The van der Waals surface area contributed by atoms with Crippen molar-refractivity contribution >= 4 is 17.3 Å². The molecule has 0 unspecified atom stereocenters. The van der Waals surface area contributed by atoms with Crippen LogP contribution >= 0.6 is 0 Å². The van der Waals surface area contributed by atoms with Gasteiger partial charge in [0.25, 0.3) is 5.69 Å². The van der Waals surface area contributed by atoms with E-state index in [0.29, 0.717) is 22.4 Å². The fourth-order valence-corrected chi connectivity index (χ4v) is 2.30. The Labute approximate surface area is 151 Å². The van der Waals surface area contributed by atoms with E-state index in [-0.39, 0.29) is 5.69 Å². The maximum Gasteiger partial charge on any atom is 0.337 e. The van der Waals surface area contributed by atoms with Crippen LogP contribution in [0.15, 0.2) is 36.4 Å². The molecule has 26 heavy (non-hydrogen) atoms. The van der Waals surface area contributed by atoms with Gasteiger partial charge in [-0.1, -0.05) is 11.8 Å². The molecule has 0 saturated heterocycles. The number of methoxy groups -OCH3 is 2. The predicted octanol–water partition coefficient (Wildman–Crippen LogP) is 2.86. The van der Waals surface area contributed by atoms with Gasteiger partial charge in [0.15, 0.2) is 0 Å². The molecule has 0 aromatic heterocycles. The lowest BCUT2D eigenvalue weighted by atomic mass is 10.1. The molecule has 0 fully saturated rings. The Balaban J connectivity index is 2.50. The molecule has 0 bridgehead atoms. The van der Waals surface area contributed by atoms with Crippen molar-refractivity contribution < 1.29 is 19.2 Å². The van der Waals surface area contributed by atoms with Gasteiger partial charge in [0.05, 0.1) is 41.5 Å². The van der Waals surface area contributed by atoms with Crippen molar-refractivity contribution in [1.29, 1.82) is 0 Å². The summed E-state index contributed by atoms with van der Waals surface area (Å²) in [5, 5.41) is 11.0. The quantitative estimate of drug-likeness (QED) is 0.363. The number of hydrogen-bond acceptors (Lipinski definition) is 6. The first kappa shape index (κ1) is 18.8. The van der Waals surface area contributed by atoms with Gasteiger partial charge in [-0.25, -0.2) is 4.79 Å². The number of anilines is 1. The van der Waals surface area contributed by atoms with Crippen molar-refractivity contribution in [2.45, 2.75) is 0 Å². The van der Waals surface area contributed by atoms with E-state index < -0.39 is 10.9 Å².